The molecule has 1 heterocycles. The minimum absolute atomic E-state index is 0.321. The molecule has 0 aliphatic carbocycles. The van der Waals surface area contributed by atoms with E-state index in [1.165, 1.54) is 22.0 Å². The summed E-state index contributed by atoms with van der Waals surface area (Å²) in [7, 11) is -1.56. The summed E-state index contributed by atoms with van der Waals surface area (Å²) < 4.78 is 0. The number of hydrogen-bond acceptors (Lipinski definition) is 3. The quantitative estimate of drug-likeness (QED) is 0.350. The van der Waals surface area contributed by atoms with Crippen LogP contribution in [0.5, 0.6) is 0 Å². The van der Waals surface area contributed by atoms with Gasteiger partial charge >= 0.3 is 0 Å². The normalized spacial score (nSPS) is 19.3. The summed E-state index contributed by atoms with van der Waals surface area (Å²) in [6.45, 7) is 12.1. The molecule has 4 rings (SSSR count). The van der Waals surface area contributed by atoms with Crippen LogP contribution in [0.1, 0.15) is 56.8 Å². The van der Waals surface area contributed by atoms with E-state index >= 15 is 0 Å². The molecule has 0 saturated carbocycles. The van der Waals surface area contributed by atoms with Crippen LogP contribution in [0.2, 0.25) is 18.1 Å². The number of benzene rings is 3. The van der Waals surface area contributed by atoms with E-state index in [1.807, 2.05) is 24.3 Å². The summed E-state index contributed by atoms with van der Waals surface area (Å²) in [5.74, 6) is 0. The maximum absolute atomic E-state index is 5.97. The molecule has 4 N–H and O–H groups in total. The fourth-order valence-electron chi connectivity index (χ4n) is 4.75. The lowest BCUT2D eigenvalue weighted by Crippen LogP contribution is -2.49. The second kappa shape index (κ2) is 8.32. The van der Waals surface area contributed by atoms with Crippen molar-refractivity contribution in [2.45, 2.75) is 63.8 Å². The monoisotopic (exact) mass is 443 g/mol. The number of nitrogens with zero attached hydrogens (tertiary/aromatic N) is 1. The molecule has 1 aliphatic rings. The standard InChI is InChI=1S/C28H37N3Si/c1-28(2,3)32(4,5)25-16-14-24(15-17-25)31-26(20-6-10-22(29)11-7-20)18-19-27(31)21-8-12-23(30)13-9-21/h6-17,26-27H,18-19,29-30H2,1-5H3/t26-,27-/m0/s1. The van der Waals surface area contributed by atoms with Crippen molar-refractivity contribution in [3.63, 3.8) is 0 Å². The SMILES string of the molecule is CC(C)(C)[Si](C)(C)c1ccc(N2[C@H](c3ccc(N)cc3)CC[C@H]2c2ccc(N)cc2)cc1. The first-order chi connectivity index (χ1) is 15.1. The second-order valence-electron chi connectivity index (χ2n) is 10.8. The van der Waals surface area contributed by atoms with Crippen LogP contribution in [-0.4, -0.2) is 8.07 Å². The molecule has 1 fully saturated rings. The summed E-state index contributed by atoms with van der Waals surface area (Å²) in [6.07, 6.45) is 2.23. The fraction of sp³-hybridized carbons (Fsp3) is 0.357. The average molecular weight is 444 g/mol. The summed E-state index contributed by atoms with van der Waals surface area (Å²) >= 11 is 0. The summed E-state index contributed by atoms with van der Waals surface area (Å²) in [4.78, 5) is 2.60. The maximum Gasteiger partial charge on any atom is 0.0859 e. The van der Waals surface area contributed by atoms with Gasteiger partial charge in [0, 0.05) is 17.1 Å². The molecular formula is C28H37N3Si. The Balaban J connectivity index is 1.74. The van der Waals surface area contributed by atoms with Crippen LogP contribution in [-0.2, 0) is 0 Å². The third kappa shape index (κ3) is 4.16. The number of hydrogen-bond donors (Lipinski definition) is 2. The molecule has 32 heavy (non-hydrogen) atoms. The van der Waals surface area contributed by atoms with E-state index in [0.29, 0.717) is 17.1 Å². The lowest BCUT2D eigenvalue weighted by atomic mass is 10.0. The van der Waals surface area contributed by atoms with E-state index in [9.17, 15) is 0 Å². The highest BCUT2D eigenvalue weighted by molar-refractivity contribution is 6.92. The van der Waals surface area contributed by atoms with Gasteiger partial charge in [-0.15, -0.1) is 0 Å². The number of anilines is 3. The van der Waals surface area contributed by atoms with E-state index in [0.717, 1.165) is 24.2 Å². The van der Waals surface area contributed by atoms with Crippen molar-refractivity contribution in [2.75, 3.05) is 16.4 Å². The first kappa shape index (κ1) is 22.5. The van der Waals surface area contributed by atoms with Gasteiger partial charge < -0.3 is 16.4 Å². The van der Waals surface area contributed by atoms with Gasteiger partial charge in [0.25, 0.3) is 0 Å². The van der Waals surface area contributed by atoms with Crippen LogP contribution < -0.4 is 21.6 Å². The molecule has 3 aromatic carbocycles. The second-order valence-corrected chi connectivity index (χ2v) is 16.1. The minimum atomic E-state index is -1.56. The Morgan fingerprint density at radius 2 is 1.09 bits per heavy atom. The minimum Gasteiger partial charge on any atom is -0.399 e. The van der Waals surface area contributed by atoms with Crippen LogP contribution in [0.25, 0.3) is 0 Å². The van der Waals surface area contributed by atoms with E-state index in [1.54, 1.807) is 0 Å². The predicted octanol–water partition coefficient (Wildman–Crippen LogP) is 6.65. The van der Waals surface area contributed by atoms with Gasteiger partial charge in [0.15, 0.2) is 0 Å². The molecule has 0 unspecified atom stereocenters. The molecule has 0 aromatic heterocycles. The molecule has 0 bridgehead atoms. The fourth-order valence-corrected chi connectivity index (χ4v) is 6.61. The van der Waals surface area contributed by atoms with Crippen molar-refractivity contribution >= 4 is 30.3 Å². The first-order valence-corrected chi connectivity index (χ1v) is 14.7. The van der Waals surface area contributed by atoms with Crippen LogP contribution in [0, 0.1) is 0 Å². The first-order valence-electron chi connectivity index (χ1n) is 11.7. The molecule has 1 aliphatic heterocycles. The topological polar surface area (TPSA) is 55.3 Å². The molecule has 1 saturated heterocycles. The Kier molecular flexibility index (Phi) is 5.84. The molecule has 2 atom stereocenters. The molecule has 0 radical (unpaired) electrons. The number of nitrogens with two attached hydrogens (primary N) is 2. The molecule has 168 valence electrons. The van der Waals surface area contributed by atoms with E-state index < -0.39 is 8.07 Å². The van der Waals surface area contributed by atoms with Crippen molar-refractivity contribution in [1.82, 2.24) is 0 Å². The zero-order valence-electron chi connectivity index (χ0n) is 20.1. The van der Waals surface area contributed by atoms with Crippen molar-refractivity contribution < 1.29 is 0 Å². The van der Waals surface area contributed by atoms with E-state index in [2.05, 4.69) is 87.3 Å². The van der Waals surface area contributed by atoms with Crippen LogP contribution in [0.15, 0.2) is 72.8 Å². The van der Waals surface area contributed by atoms with Gasteiger partial charge in [-0.05, 0) is 65.4 Å². The highest BCUT2D eigenvalue weighted by Crippen LogP contribution is 2.47. The summed E-state index contributed by atoms with van der Waals surface area (Å²) in [6, 6.07) is 26.9. The zero-order chi connectivity index (χ0) is 23.1. The Labute approximate surface area is 194 Å². The lowest BCUT2D eigenvalue weighted by Gasteiger charge is -2.38. The highest BCUT2D eigenvalue weighted by Gasteiger charge is 2.38. The molecule has 4 heteroatoms. The lowest BCUT2D eigenvalue weighted by molar-refractivity contribution is 0.674. The van der Waals surface area contributed by atoms with Crippen molar-refractivity contribution in [1.29, 1.82) is 0 Å². The van der Waals surface area contributed by atoms with Gasteiger partial charge in [-0.3, -0.25) is 0 Å². The molecule has 3 nitrogen and oxygen atoms in total. The van der Waals surface area contributed by atoms with Crippen LogP contribution >= 0.6 is 0 Å². The van der Waals surface area contributed by atoms with Crippen LogP contribution in [0.3, 0.4) is 0 Å². The molecule has 3 aromatic rings. The Morgan fingerprint density at radius 3 is 1.47 bits per heavy atom. The van der Waals surface area contributed by atoms with Gasteiger partial charge in [-0.1, -0.05) is 75.5 Å². The largest absolute Gasteiger partial charge is 0.399 e. The van der Waals surface area contributed by atoms with Crippen molar-refractivity contribution in [3.8, 4) is 0 Å². The molecule has 0 spiro atoms. The van der Waals surface area contributed by atoms with Gasteiger partial charge in [-0.2, -0.15) is 0 Å². The van der Waals surface area contributed by atoms with Crippen molar-refractivity contribution in [2.24, 2.45) is 0 Å². The van der Waals surface area contributed by atoms with Crippen molar-refractivity contribution in [3.05, 3.63) is 83.9 Å². The number of nitrogen functional groups attached to an aromatic ring is 2. The third-order valence-electron chi connectivity index (χ3n) is 7.79. The highest BCUT2D eigenvalue weighted by atomic mass is 28.3. The van der Waals surface area contributed by atoms with Gasteiger partial charge in [0.05, 0.1) is 20.2 Å². The molecular weight excluding hydrogens is 406 g/mol. The van der Waals surface area contributed by atoms with Gasteiger partial charge in [0.1, 0.15) is 0 Å². The average Bonchev–Trinajstić information content (AvgIpc) is 3.19. The van der Waals surface area contributed by atoms with E-state index in [-0.39, 0.29) is 0 Å². The predicted molar refractivity (Wildman–Crippen MR) is 142 cm³/mol. The summed E-state index contributed by atoms with van der Waals surface area (Å²) in [5.41, 5.74) is 17.5. The van der Waals surface area contributed by atoms with Crippen LogP contribution in [0.4, 0.5) is 17.1 Å². The zero-order valence-corrected chi connectivity index (χ0v) is 21.1. The smallest absolute Gasteiger partial charge is 0.0859 e. The Morgan fingerprint density at radius 1 is 0.688 bits per heavy atom. The molecule has 0 amide bonds. The maximum atomic E-state index is 5.97. The Hall–Kier alpha value is -2.72. The van der Waals surface area contributed by atoms with Gasteiger partial charge in [-0.25, -0.2) is 0 Å². The van der Waals surface area contributed by atoms with E-state index in [4.69, 9.17) is 11.5 Å². The Bertz CT molecular complexity index is 994. The summed E-state index contributed by atoms with van der Waals surface area (Å²) in [5, 5.41) is 1.84. The number of rotatable bonds is 4. The van der Waals surface area contributed by atoms with Gasteiger partial charge in [0.2, 0.25) is 0 Å². The third-order valence-corrected chi connectivity index (χ3v) is 13.3.